The van der Waals surface area contributed by atoms with Gasteiger partial charge < -0.3 is 18.9 Å². The molecule has 1 aromatic heterocycles. The normalized spacial score (nSPS) is 19.4. The van der Waals surface area contributed by atoms with Gasteiger partial charge in [-0.05, 0) is 42.7 Å². The van der Waals surface area contributed by atoms with Gasteiger partial charge in [0.1, 0.15) is 12.7 Å². The van der Waals surface area contributed by atoms with Crippen LogP contribution in [0.4, 0.5) is 0 Å². The van der Waals surface area contributed by atoms with Gasteiger partial charge in [0, 0.05) is 0 Å². The Morgan fingerprint density at radius 1 is 0.791 bits per heavy atom. The van der Waals surface area contributed by atoms with E-state index in [0.29, 0.717) is 0 Å². The molecule has 0 bridgehead atoms. The van der Waals surface area contributed by atoms with E-state index in [1.165, 1.54) is 24.3 Å². The van der Waals surface area contributed by atoms with Gasteiger partial charge in [0.05, 0.1) is 16.7 Å². The van der Waals surface area contributed by atoms with Gasteiger partial charge in [-0.1, -0.05) is 54.6 Å². The molecule has 12 nitrogen and oxygen atoms in total. The average molecular weight is 604 g/mol. The lowest BCUT2D eigenvalue weighted by molar-refractivity contribution is -0.0707. The fourth-order valence-electron chi connectivity index (χ4n) is 4.36. The van der Waals surface area contributed by atoms with Crippen molar-refractivity contribution in [2.45, 2.75) is 29.6 Å². The smallest absolute Gasteiger partial charge is 0.347 e. The molecule has 0 spiro atoms. The number of esters is 3. The van der Waals surface area contributed by atoms with Gasteiger partial charge in [-0.2, -0.15) is 9.78 Å². The SMILES string of the molecule is CSc1nn([C@@H]2O[C@H](COC(=O)c3ccccc3)[C@@H](OC(=O)c3ccccc3)[C@H]2OC(=O)c2ccccc2)c(=O)[nH]c1=O. The summed E-state index contributed by atoms with van der Waals surface area (Å²) in [6.07, 6.45) is -3.92. The van der Waals surface area contributed by atoms with Crippen LogP contribution in [0.2, 0.25) is 0 Å². The second-order valence-corrected chi connectivity index (χ2v) is 10.0. The molecular formula is C30H25N3O9S. The Morgan fingerprint density at radius 3 is 1.79 bits per heavy atom. The van der Waals surface area contributed by atoms with Crippen LogP contribution in [0.3, 0.4) is 0 Å². The van der Waals surface area contributed by atoms with E-state index < -0.39 is 60.3 Å². The number of H-pyrrole nitrogens is 1. The number of rotatable bonds is 9. The van der Waals surface area contributed by atoms with Crippen molar-refractivity contribution in [1.29, 1.82) is 0 Å². The Labute approximate surface area is 248 Å². The first-order chi connectivity index (χ1) is 20.9. The fourth-order valence-corrected chi connectivity index (χ4v) is 4.76. The van der Waals surface area contributed by atoms with Crippen LogP contribution in [0.5, 0.6) is 0 Å². The number of hydrogen-bond acceptors (Lipinski definition) is 11. The lowest BCUT2D eigenvalue weighted by Crippen LogP contribution is -2.44. The number of nitrogens with zero attached hydrogens (tertiary/aromatic N) is 2. The molecule has 220 valence electrons. The molecule has 0 radical (unpaired) electrons. The van der Waals surface area contributed by atoms with Crippen molar-refractivity contribution in [3.63, 3.8) is 0 Å². The minimum Gasteiger partial charge on any atom is -0.459 e. The van der Waals surface area contributed by atoms with Gasteiger partial charge in [0.2, 0.25) is 0 Å². The molecule has 3 aromatic carbocycles. The number of aromatic nitrogens is 3. The van der Waals surface area contributed by atoms with E-state index in [1.54, 1.807) is 73.0 Å². The molecule has 2 heterocycles. The zero-order chi connectivity index (χ0) is 30.3. The summed E-state index contributed by atoms with van der Waals surface area (Å²) < 4.78 is 24.0. The number of carbonyl (C=O) groups excluding carboxylic acids is 3. The van der Waals surface area contributed by atoms with Crippen LogP contribution in [0.1, 0.15) is 37.3 Å². The molecule has 0 amide bonds. The van der Waals surface area contributed by atoms with E-state index in [0.717, 1.165) is 16.4 Å². The maximum atomic E-state index is 13.2. The molecule has 13 heteroatoms. The summed E-state index contributed by atoms with van der Waals surface area (Å²) in [7, 11) is 0. The van der Waals surface area contributed by atoms with Crippen LogP contribution < -0.4 is 11.2 Å². The third-order valence-corrected chi connectivity index (χ3v) is 7.09. The number of carbonyl (C=O) groups is 3. The number of benzene rings is 3. The van der Waals surface area contributed by atoms with Crippen LogP contribution in [-0.4, -0.2) is 63.8 Å². The van der Waals surface area contributed by atoms with Gasteiger partial charge >= 0.3 is 23.6 Å². The Bertz CT molecular complexity index is 1710. The topological polar surface area (TPSA) is 156 Å². The van der Waals surface area contributed by atoms with Crippen molar-refractivity contribution in [3.8, 4) is 0 Å². The molecule has 1 N–H and O–H groups in total. The first-order valence-corrected chi connectivity index (χ1v) is 14.2. The molecule has 5 rings (SSSR count). The van der Waals surface area contributed by atoms with Crippen LogP contribution in [-0.2, 0) is 18.9 Å². The maximum absolute atomic E-state index is 13.2. The van der Waals surface area contributed by atoms with Crippen molar-refractivity contribution in [1.82, 2.24) is 14.8 Å². The molecule has 1 aliphatic rings. The minimum absolute atomic E-state index is 0.0619. The number of thioether (sulfide) groups is 1. The van der Waals surface area contributed by atoms with Crippen molar-refractivity contribution < 1.29 is 33.3 Å². The molecule has 0 saturated carbocycles. The Morgan fingerprint density at radius 2 is 1.28 bits per heavy atom. The average Bonchev–Trinajstić information content (AvgIpc) is 3.36. The summed E-state index contributed by atoms with van der Waals surface area (Å²) in [5.74, 6) is -2.26. The molecule has 4 atom stereocenters. The number of ether oxygens (including phenoxy) is 4. The lowest BCUT2D eigenvalue weighted by atomic mass is 10.1. The van der Waals surface area contributed by atoms with Crippen molar-refractivity contribution in [2.75, 3.05) is 12.9 Å². The van der Waals surface area contributed by atoms with Gasteiger partial charge in [0.15, 0.2) is 23.5 Å². The van der Waals surface area contributed by atoms with E-state index >= 15 is 0 Å². The summed E-state index contributed by atoms with van der Waals surface area (Å²) in [5, 5.41) is 4.05. The number of aromatic amines is 1. The summed E-state index contributed by atoms with van der Waals surface area (Å²) in [4.78, 5) is 66.5. The van der Waals surface area contributed by atoms with Gasteiger partial charge in [0.25, 0.3) is 5.56 Å². The minimum atomic E-state index is -1.48. The largest absolute Gasteiger partial charge is 0.459 e. The summed E-state index contributed by atoms with van der Waals surface area (Å²) >= 11 is 0.978. The zero-order valence-corrected chi connectivity index (χ0v) is 23.5. The molecule has 1 saturated heterocycles. The predicted molar refractivity (Wildman–Crippen MR) is 153 cm³/mol. The van der Waals surface area contributed by atoms with Gasteiger partial charge in [-0.25, -0.2) is 19.2 Å². The van der Waals surface area contributed by atoms with Crippen LogP contribution in [0, 0.1) is 0 Å². The molecular weight excluding hydrogens is 578 g/mol. The highest BCUT2D eigenvalue weighted by atomic mass is 32.2. The van der Waals surface area contributed by atoms with Crippen molar-refractivity contribution in [2.24, 2.45) is 0 Å². The molecule has 1 fully saturated rings. The van der Waals surface area contributed by atoms with Crippen molar-refractivity contribution >= 4 is 29.7 Å². The van der Waals surface area contributed by atoms with Crippen molar-refractivity contribution in [3.05, 3.63) is 129 Å². The summed E-state index contributed by atoms with van der Waals surface area (Å²) in [6, 6.07) is 24.3. The second-order valence-electron chi connectivity index (χ2n) is 9.21. The third kappa shape index (κ3) is 6.74. The van der Waals surface area contributed by atoms with E-state index in [1.807, 2.05) is 0 Å². The highest BCUT2D eigenvalue weighted by molar-refractivity contribution is 7.98. The Hall–Kier alpha value is -5.01. The predicted octanol–water partition coefficient (Wildman–Crippen LogP) is 2.86. The standard InChI is InChI=1S/C30H25N3O9S/c1-43-25-24(34)31-30(38)33(32-25)26-23(42-29(37)20-15-9-4-10-16-20)22(41-28(36)19-13-7-3-8-14-19)21(40-26)17-39-27(35)18-11-5-2-6-12-18/h2-16,21-23,26H,17H2,1H3,(H,31,34,38)/t21-,22-,23-,26-/m1/s1. The monoisotopic (exact) mass is 603 g/mol. The lowest BCUT2D eigenvalue weighted by Gasteiger charge is -2.24. The van der Waals surface area contributed by atoms with Crippen LogP contribution >= 0.6 is 11.8 Å². The van der Waals surface area contributed by atoms with Gasteiger partial charge in [-0.15, -0.1) is 11.8 Å². The second kappa shape index (κ2) is 13.3. The fraction of sp³-hybridized carbons (Fsp3) is 0.200. The van der Waals surface area contributed by atoms with Crippen LogP contribution in [0.25, 0.3) is 0 Å². The number of nitrogens with one attached hydrogen (secondary N) is 1. The number of hydrogen-bond donors (Lipinski definition) is 1. The van der Waals surface area contributed by atoms with E-state index in [4.69, 9.17) is 18.9 Å². The Balaban J connectivity index is 1.53. The molecule has 4 aromatic rings. The Kier molecular flexibility index (Phi) is 9.13. The first-order valence-electron chi connectivity index (χ1n) is 13.0. The highest BCUT2D eigenvalue weighted by Crippen LogP contribution is 2.34. The first kappa shape index (κ1) is 29.5. The van der Waals surface area contributed by atoms with E-state index in [9.17, 15) is 24.0 Å². The summed E-state index contributed by atoms with van der Waals surface area (Å²) in [6.45, 7) is -0.441. The van der Waals surface area contributed by atoms with E-state index in [-0.39, 0.29) is 21.7 Å². The molecule has 43 heavy (non-hydrogen) atoms. The van der Waals surface area contributed by atoms with Crippen LogP contribution in [0.15, 0.2) is 106 Å². The maximum Gasteiger partial charge on any atom is 0.347 e. The molecule has 0 unspecified atom stereocenters. The summed E-state index contributed by atoms with van der Waals surface area (Å²) in [5.41, 5.74) is -1.03. The molecule has 1 aliphatic heterocycles. The quantitative estimate of drug-likeness (QED) is 0.171. The third-order valence-electron chi connectivity index (χ3n) is 6.43. The van der Waals surface area contributed by atoms with E-state index in [2.05, 4.69) is 10.1 Å². The zero-order valence-electron chi connectivity index (χ0n) is 22.7. The highest BCUT2D eigenvalue weighted by Gasteiger charge is 2.52. The molecule has 0 aliphatic carbocycles. The van der Waals surface area contributed by atoms with Gasteiger partial charge in [-0.3, -0.25) is 9.78 Å².